The summed E-state index contributed by atoms with van der Waals surface area (Å²) in [4.78, 5) is 15.9. The molecular weight excluding hydrogens is 403 g/mol. The first-order valence-electron chi connectivity index (χ1n) is 10.4. The minimum Gasteiger partial charge on any atom is -0.308 e. The van der Waals surface area contributed by atoms with E-state index < -0.39 is 0 Å². The van der Waals surface area contributed by atoms with Crippen LogP contribution in [-0.2, 0) is 13.1 Å². The molecule has 158 valence electrons. The van der Waals surface area contributed by atoms with Crippen molar-refractivity contribution in [3.05, 3.63) is 118 Å². The van der Waals surface area contributed by atoms with Crippen LogP contribution in [0.1, 0.15) is 11.1 Å². The third kappa shape index (κ3) is 3.96. The molecule has 6 heteroatoms. The fraction of sp³-hybridized carbons (Fsp3) is 0.0769. The second-order valence-electron chi connectivity index (χ2n) is 7.58. The molecular formula is C26H21FN4O. The van der Waals surface area contributed by atoms with Crippen molar-refractivity contribution in [3.8, 4) is 16.9 Å². The summed E-state index contributed by atoms with van der Waals surface area (Å²) in [5, 5.41) is 8.93. The van der Waals surface area contributed by atoms with E-state index in [0.29, 0.717) is 24.3 Å². The Morgan fingerprint density at radius 1 is 0.875 bits per heavy atom. The van der Waals surface area contributed by atoms with Gasteiger partial charge in [-0.25, -0.2) is 9.07 Å². The molecule has 0 unspecified atom stereocenters. The lowest BCUT2D eigenvalue weighted by Gasteiger charge is -2.06. The van der Waals surface area contributed by atoms with Crippen LogP contribution in [0.2, 0.25) is 0 Å². The lowest BCUT2D eigenvalue weighted by molar-refractivity contribution is 0.620. The van der Waals surface area contributed by atoms with Crippen molar-refractivity contribution < 1.29 is 4.39 Å². The molecule has 2 aromatic heterocycles. The lowest BCUT2D eigenvalue weighted by Crippen LogP contribution is -2.21. The molecule has 32 heavy (non-hydrogen) atoms. The fourth-order valence-corrected chi connectivity index (χ4v) is 3.80. The number of hydrogen-bond acceptors (Lipinski definition) is 3. The van der Waals surface area contributed by atoms with Crippen LogP contribution in [-0.4, -0.2) is 14.8 Å². The van der Waals surface area contributed by atoms with E-state index in [1.54, 1.807) is 10.7 Å². The summed E-state index contributed by atoms with van der Waals surface area (Å²) in [5.74, 6) is -0.274. The Morgan fingerprint density at radius 3 is 2.38 bits per heavy atom. The van der Waals surface area contributed by atoms with Crippen LogP contribution in [0.4, 0.5) is 4.39 Å². The van der Waals surface area contributed by atoms with E-state index in [1.807, 2.05) is 72.8 Å². The molecule has 2 N–H and O–H groups in total. The standard InChI is InChI=1S/C26H21FN4O/c27-21-11-7-8-18(14-21)16-28-17-20-15-23-24(19-9-3-1-4-10-19)30-31(25(23)29-26(20)32)22-12-5-2-6-13-22/h1-15,28H,16-17H2,(H,29,32). The Morgan fingerprint density at radius 2 is 1.62 bits per heavy atom. The van der Waals surface area contributed by atoms with Gasteiger partial charge in [0.25, 0.3) is 5.56 Å². The summed E-state index contributed by atoms with van der Waals surface area (Å²) in [5.41, 5.74) is 4.52. The predicted octanol–water partition coefficient (Wildman–Crippen LogP) is 4.81. The van der Waals surface area contributed by atoms with E-state index in [-0.39, 0.29) is 11.4 Å². The molecule has 0 fully saturated rings. The number of para-hydroxylation sites is 1. The number of H-pyrrole nitrogens is 1. The molecule has 2 heterocycles. The maximum Gasteiger partial charge on any atom is 0.254 e. The monoisotopic (exact) mass is 424 g/mol. The normalized spacial score (nSPS) is 11.2. The topological polar surface area (TPSA) is 62.7 Å². The summed E-state index contributed by atoms with van der Waals surface area (Å²) in [7, 11) is 0. The second kappa shape index (κ2) is 8.61. The molecule has 5 nitrogen and oxygen atoms in total. The number of fused-ring (bicyclic) bond motifs is 1. The largest absolute Gasteiger partial charge is 0.308 e. The van der Waals surface area contributed by atoms with Crippen LogP contribution >= 0.6 is 0 Å². The van der Waals surface area contributed by atoms with Crippen molar-refractivity contribution in [2.75, 3.05) is 0 Å². The average Bonchev–Trinajstić information content (AvgIpc) is 3.18. The van der Waals surface area contributed by atoms with Gasteiger partial charge in [-0.2, -0.15) is 5.10 Å². The van der Waals surface area contributed by atoms with Gasteiger partial charge in [-0.15, -0.1) is 0 Å². The van der Waals surface area contributed by atoms with Gasteiger partial charge in [-0.3, -0.25) is 4.79 Å². The van der Waals surface area contributed by atoms with Gasteiger partial charge in [0.05, 0.1) is 5.69 Å². The predicted molar refractivity (Wildman–Crippen MR) is 124 cm³/mol. The first-order chi connectivity index (χ1) is 15.7. The summed E-state index contributed by atoms with van der Waals surface area (Å²) in [6.45, 7) is 0.816. The number of benzene rings is 3. The quantitative estimate of drug-likeness (QED) is 0.411. The lowest BCUT2D eigenvalue weighted by atomic mass is 10.1. The zero-order chi connectivity index (χ0) is 21.9. The SMILES string of the molecule is O=c1[nH]c2c(cc1CNCc1cccc(F)c1)c(-c1ccccc1)nn2-c1ccccc1. The molecule has 3 aromatic carbocycles. The van der Waals surface area contributed by atoms with E-state index in [4.69, 9.17) is 5.10 Å². The van der Waals surface area contributed by atoms with Gasteiger partial charge < -0.3 is 10.3 Å². The van der Waals surface area contributed by atoms with E-state index in [0.717, 1.165) is 27.9 Å². The van der Waals surface area contributed by atoms with Crippen LogP contribution in [0.3, 0.4) is 0 Å². The second-order valence-corrected chi connectivity index (χ2v) is 7.58. The number of aromatic amines is 1. The van der Waals surface area contributed by atoms with E-state index >= 15 is 0 Å². The average molecular weight is 424 g/mol. The van der Waals surface area contributed by atoms with E-state index in [2.05, 4.69) is 10.3 Å². The Hall–Kier alpha value is -4.03. The van der Waals surface area contributed by atoms with Gasteiger partial charge in [0.1, 0.15) is 17.2 Å². The third-order valence-electron chi connectivity index (χ3n) is 5.35. The Kier molecular flexibility index (Phi) is 5.35. The van der Waals surface area contributed by atoms with E-state index in [9.17, 15) is 9.18 Å². The molecule has 5 rings (SSSR count). The maximum absolute atomic E-state index is 13.4. The van der Waals surface area contributed by atoms with Crippen LogP contribution in [0.25, 0.3) is 28.0 Å². The minimum atomic E-state index is -0.274. The van der Waals surface area contributed by atoms with Crippen molar-refractivity contribution in [2.45, 2.75) is 13.1 Å². The Labute approximate surface area is 184 Å². The summed E-state index contributed by atoms with van der Waals surface area (Å²) >= 11 is 0. The van der Waals surface area contributed by atoms with Crippen molar-refractivity contribution in [1.29, 1.82) is 0 Å². The van der Waals surface area contributed by atoms with Gasteiger partial charge in [-0.1, -0.05) is 60.7 Å². The molecule has 0 radical (unpaired) electrons. The van der Waals surface area contributed by atoms with Gasteiger partial charge in [-0.05, 0) is 35.9 Å². The number of rotatable bonds is 6. The number of hydrogen-bond donors (Lipinski definition) is 2. The summed E-state index contributed by atoms with van der Waals surface area (Å²) < 4.78 is 15.2. The Balaban J connectivity index is 1.54. The number of aromatic nitrogens is 3. The molecule has 0 spiro atoms. The number of halogens is 1. The van der Waals surface area contributed by atoms with Crippen LogP contribution in [0, 0.1) is 5.82 Å². The fourth-order valence-electron chi connectivity index (χ4n) is 3.80. The number of pyridine rings is 1. The molecule has 0 aliphatic rings. The van der Waals surface area contributed by atoms with Gasteiger partial charge >= 0.3 is 0 Å². The van der Waals surface area contributed by atoms with Crippen molar-refractivity contribution in [2.24, 2.45) is 0 Å². The first-order valence-corrected chi connectivity index (χ1v) is 10.4. The van der Waals surface area contributed by atoms with Crippen molar-refractivity contribution >= 4 is 11.0 Å². The molecule has 0 aliphatic carbocycles. The summed E-state index contributed by atoms with van der Waals surface area (Å²) in [6, 6.07) is 27.9. The minimum absolute atomic E-state index is 0.180. The molecule has 0 atom stereocenters. The van der Waals surface area contributed by atoms with Crippen molar-refractivity contribution in [3.63, 3.8) is 0 Å². The zero-order valence-corrected chi connectivity index (χ0v) is 17.3. The number of nitrogens with zero attached hydrogens (tertiary/aromatic N) is 2. The highest BCUT2D eigenvalue weighted by atomic mass is 19.1. The highest BCUT2D eigenvalue weighted by Gasteiger charge is 2.16. The highest BCUT2D eigenvalue weighted by molar-refractivity contribution is 5.92. The molecule has 5 aromatic rings. The van der Waals surface area contributed by atoms with Crippen LogP contribution in [0.15, 0.2) is 95.8 Å². The Bertz CT molecular complexity index is 1430. The maximum atomic E-state index is 13.4. The van der Waals surface area contributed by atoms with Gasteiger partial charge in [0, 0.05) is 29.6 Å². The molecule has 0 aliphatic heterocycles. The smallest absolute Gasteiger partial charge is 0.254 e. The molecule has 0 bridgehead atoms. The highest BCUT2D eigenvalue weighted by Crippen LogP contribution is 2.28. The number of nitrogens with one attached hydrogen (secondary N) is 2. The van der Waals surface area contributed by atoms with Crippen LogP contribution in [0.5, 0.6) is 0 Å². The van der Waals surface area contributed by atoms with Gasteiger partial charge in [0.15, 0.2) is 0 Å². The van der Waals surface area contributed by atoms with Crippen LogP contribution < -0.4 is 10.9 Å². The first kappa shape index (κ1) is 19.9. The molecule has 0 amide bonds. The van der Waals surface area contributed by atoms with E-state index in [1.165, 1.54) is 12.1 Å². The zero-order valence-electron chi connectivity index (χ0n) is 17.3. The summed E-state index contributed by atoms with van der Waals surface area (Å²) in [6.07, 6.45) is 0. The van der Waals surface area contributed by atoms with Gasteiger partial charge in [0.2, 0.25) is 0 Å². The third-order valence-corrected chi connectivity index (χ3v) is 5.35. The molecule has 0 saturated heterocycles. The van der Waals surface area contributed by atoms with Crippen molar-refractivity contribution in [1.82, 2.24) is 20.1 Å². The molecule has 0 saturated carbocycles.